The Morgan fingerprint density at radius 2 is 2.00 bits per heavy atom. The minimum absolute atomic E-state index is 0.409. The third-order valence-electron chi connectivity index (χ3n) is 3.65. The molecule has 1 aromatic carbocycles. The van der Waals surface area contributed by atoms with Crippen LogP contribution in [-0.4, -0.2) is 23.8 Å². The van der Waals surface area contributed by atoms with Crippen LogP contribution in [0.1, 0.15) is 32.6 Å². The fourth-order valence-corrected chi connectivity index (χ4v) is 2.46. The number of anilines is 1. The van der Waals surface area contributed by atoms with Crippen LogP contribution in [0, 0.1) is 0 Å². The molecule has 0 amide bonds. The van der Waals surface area contributed by atoms with Gasteiger partial charge in [0.05, 0.1) is 0 Å². The third kappa shape index (κ3) is 4.13. The molecule has 4 nitrogen and oxygen atoms in total. The summed E-state index contributed by atoms with van der Waals surface area (Å²) in [5.41, 5.74) is 0.997. The number of hydrogen-bond acceptors (Lipinski definition) is 4. The molecule has 0 bridgehead atoms. The molecule has 0 spiro atoms. The highest BCUT2D eigenvalue weighted by atomic mass is 16.6. The molecule has 118 valence electrons. The molecule has 1 aliphatic rings. The van der Waals surface area contributed by atoms with Crippen molar-refractivity contribution in [3.05, 3.63) is 55.4 Å². The zero-order chi connectivity index (χ0) is 15.8. The Balaban J connectivity index is 2.05. The molecule has 1 aromatic rings. The van der Waals surface area contributed by atoms with Gasteiger partial charge in [-0.3, -0.25) is 4.90 Å². The summed E-state index contributed by atoms with van der Waals surface area (Å²) in [6.45, 7) is 6.55. The molecule has 0 saturated heterocycles. The lowest BCUT2D eigenvalue weighted by Crippen LogP contribution is -2.42. The smallest absolute Gasteiger partial charge is 0.333 e. The lowest BCUT2D eigenvalue weighted by Gasteiger charge is -2.31. The van der Waals surface area contributed by atoms with Gasteiger partial charge >= 0.3 is 5.97 Å². The van der Waals surface area contributed by atoms with Crippen molar-refractivity contribution in [2.45, 2.75) is 39.0 Å². The molecule has 0 radical (unpaired) electrons. The molecular formula is C18H24N2O2. The molecule has 1 aliphatic heterocycles. The minimum atomic E-state index is -0.436. The zero-order valence-electron chi connectivity index (χ0n) is 13.1. The van der Waals surface area contributed by atoms with Crippen molar-refractivity contribution in [3.8, 4) is 0 Å². The van der Waals surface area contributed by atoms with Crippen LogP contribution in [-0.2, 0) is 9.53 Å². The lowest BCUT2D eigenvalue weighted by molar-refractivity contribution is -0.149. The number of carbonyl (C=O) groups is 1. The van der Waals surface area contributed by atoms with E-state index < -0.39 is 12.3 Å². The molecule has 1 atom stereocenters. The molecule has 2 rings (SSSR count). The predicted octanol–water partition coefficient (Wildman–Crippen LogP) is 3.87. The van der Waals surface area contributed by atoms with Crippen molar-refractivity contribution in [1.82, 2.24) is 4.90 Å². The first-order valence-corrected chi connectivity index (χ1v) is 7.86. The molecule has 1 heterocycles. The largest absolute Gasteiger partial charge is 0.419 e. The van der Waals surface area contributed by atoms with E-state index in [1.54, 1.807) is 0 Å². The van der Waals surface area contributed by atoms with E-state index >= 15 is 0 Å². The van der Waals surface area contributed by atoms with Crippen LogP contribution in [0.15, 0.2) is 55.4 Å². The van der Waals surface area contributed by atoms with Crippen LogP contribution in [0.2, 0.25) is 0 Å². The number of rotatable bonds is 8. The summed E-state index contributed by atoms with van der Waals surface area (Å²) in [5, 5.41) is 0. The molecule has 0 N–H and O–H groups in total. The van der Waals surface area contributed by atoms with E-state index in [1.807, 2.05) is 47.6 Å². The number of unbranched alkanes of at least 4 members (excludes halogenated alkanes) is 3. The molecule has 0 fully saturated rings. The van der Waals surface area contributed by atoms with E-state index in [0.29, 0.717) is 0 Å². The molecule has 4 heteroatoms. The summed E-state index contributed by atoms with van der Waals surface area (Å²) >= 11 is 0. The fourth-order valence-electron chi connectivity index (χ4n) is 2.46. The quantitative estimate of drug-likeness (QED) is 0.414. The van der Waals surface area contributed by atoms with Crippen molar-refractivity contribution in [2.75, 3.05) is 11.4 Å². The average Bonchev–Trinajstić information content (AvgIpc) is 2.95. The predicted molar refractivity (Wildman–Crippen MR) is 89.0 cm³/mol. The number of ether oxygens (including phenoxy) is 1. The van der Waals surface area contributed by atoms with Gasteiger partial charge in [0, 0.05) is 30.7 Å². The van der Waals surface area contributed by atoms with Gasteiger partial charge in [-0.15, -0.1) is 0 Å². The van der Waals surface area contributed by atoms with E-state index in [0.717, 1.165) is 18.7 Å². The summed E-state index contributed by atoms with van der Waals surface area (Å²) in [6.07, 6.45) is 9.43. The minimum Gasteiger partial charge on any atom is -0.419 e. The lowest BCUT2D eigenvalue weighted by atomic mass is 10.2. The standard InChI is InChI=1S/C18H24N2O2/c1-3-5-6-10-13-19-14-15-20(16-11-8-7-9-12-16)18(19)22-17(21)4-2/h4,7-9,11-12,14-15,18H,2-3,5-6,10,13H2,1H3. The van der Waals surface area contributed by atoms with Crippen molar-refractivity contribution < 1.29 is 9.53 Å². The summed E-state index contributed by atoms with van der Waals surface area (Å²) in [7, 11) is 0. The fraction of sp³-hybridized carbons (Fsp3) is 0.389. The van der Waals surface area contributed by atoms with Crippen molar-refractivity contribution >= 4 is 11.7 Å². The van der Waals surface area contributed by atoms with Gasteiger partial charge in [-0.2, -0.15) is 0 Å². The number of hydrogen-bond donors (Lipinski definition) is 0. The van der Waals surface area contributed by atoms with E-state index in [2.05, 4.69) is 18.4 Å². The first kappa shape index (κ1) is 16.1. The molecule has 0 aliphatic carbocycles. The Morgan fingerprint density at radius 1 is 1.23 bits per heavy atom. The van der Waals surface area contributed by atoms with E-state index in [9.17, 15) is 4.79 Å². The first-order valence-electron chi connectivity index (χ1n) is 7.86. The highest BCUT2D eigenvalue weighted by Crippen LogP contribution is 2.25. The highest BCUT2D eigenvalue weighted by molar-refractivity contribution is 5.81. The van der Waals surface area contributed by atoms with Crippen molar-refractivity contribution in [2.24, 2.45) is 0 Å². The second kappa shape index (κ2) is 8.27. The normalized spacial score (nSPS) is 16.9. The van der Waals surface area contributed by atoms with E-state index in [4.69, 9.17) is 4.74 Å². The number of carbonyl (C=O) groups excluding carboxylic acids is 1. The van der Waals surface area contributed by atoms with E-state index in [-0.39, 0.29) is 0 Å². The van der Waals surface area contributed by atoms with Crippen LogP contribution in [0.5, 0.6) is 0 Å². The molecule has 0 aromatic heterocycles. The maximum absolute atomic E-state index is 11.6. The number of nitrogens with zero attached hydrogens (tertiary/aromatic N) is 2. The Labute approximate surface area is 132 Å². The molecule has 1 unspecified atom stereocenters. The van der Waals surface area contributed by atoms with Gasteiger partial charge in [0.1, 0.15) is 0 Å². The van der Waals surface area contributed by atoms with Crippen LogP contribution in [0.3, 0.4) is 0 Å². The van der Waals surface area contributed by atoms with Gasteiger partial charge in [-0.1, -0.05) is 51.0 Å². The van der Waals surface area contributed by atoms with Gasteiger partial charge in [0.25, 0.3) is 6.35 Å². The highest BCUT2D eigenvalue weighted by Gasteiger charge is 2.29. The van der Waals surface area contributed by atoms with Gasteiger partial charge < -0.3 is 9.64 Å². The number of benzene rings is 1. The third-order valence-corrected chi connectivity index (χ3v) is 3.65. The molecule has 22 heavy (non-hydrogen) atoms. The summed E-state index contributed by atoms with van der Waals surface area (Å²) in [6, 6.07) is 9.91. The average molecular weight is 300 g/mol. The van der Waals surface area contributed by atoms with Crippen LogP contribution >= 0.6 is 0 Å². The Bertz CT molecular complexity index is 513. The summed E-state index contributed by atoms with van der Waals surface area (Å²) < 4.78 is 5.53. The first-order chi connectivity index (χ1) is 10.8. The van der Waals surface area contributed by atoms with Crippen molar-refractivity contribution in [3.63, 3.8) is 0 Å². The maximum atomic E-state index is 11.6. The topological polar surface area (TPSA) is 32.8 Å². The van der Waals surface area contributed by atoms with Gasteiger partial charge in [-0.05, 0) is 18.6 Å². The van der Waals surface area contributed by atoms with Crippen LogP contribution < -0.4 is 4.90 Å². The molecule has 0 saturated carbocycles. The second-order valence-corrected chi connectivity index (χ2v) is 5.31. The Hall–Kier alpha value is -2.23. The Morgan fingerprint density at radius 3 is 2.68 bits per heavy atom. The monoisotopic (exact) mass is 300 g/mol. The molecular weight excluding hydrogens is 276 g/mol. The Kier molecular flexibility index (Phi) is 6.07. The van der Waals surface area contributed by atoms with Crippen LogP contribution in [0.25, 0.3) is 0 Å². The van der Waals surface area contributed by atoms with Gasteiger partial charge in [0.15, 0.2) is 0 Å². The van der Waals surface area contributed by atoms with Crippen molar-refractivity contribution in [1.29, 1.82) is 0 Å². The SMILES string of the molecule is C=CC(=O)OC1N(CCCCCC)C=CN1c1ccccc1. The summed E-state index contributed by atoms with van der Waals surface area (Å²) in [4.78, 5) is 15.7. The zero-order valence-corrected chi connectivity index (χ0v) is 13.1. The second-order valence-electron chi connectivity index (χ2n) is 5.31. The maximum Gasteiger partial charge on any atom is 0.333 e. The van der Waals surface area contributed by atoms with E-state index in [1.165, 1.54) is 25.3 Å². The van der Waals surface area contributed by atoms with Gasteiger partial charge in [-0.25, -0.2) is 4.79 Å². The van der Waals surface area contributed by atoms with Crippen LogP contribution in [0.4, 0.5) is 5.69 Å². The van der Waals surface area contributed by atoms with Gasteiger partial charge in [0.2, 0.25) is 0 Å². The number of esters is 1. The number of para-hydroxylation sites is 1. The summed E-state index contributed by atoms with van der Waals surface area (Å²) in [5.74, 6) is -0.409.